The lowest BCUT2D eigenvalue weighted by Gasteiger charge is -1.91. The summed E-state index contributed by atoms with van der Waals surface area (Å²) in [5.41, 5.74) is 5.13. The molecular weight excluding hydrogens is 352 g/mol. The maximum Gasteiger partial charge on any atom is 0.150 e. The van der Waals surface area contributed by atoms with Gasteiger partial charge in [0.15, 0.2) is 12.6 Å². The Balaban J connectivity index is 0.000000121. The number of rotatable bonds is 2. The Hall–Kier alpha value is -4.06. The zero-order valence-corrected chi connectivity index (χ0v) is 14.9. The summed E-state index contributed by atoms with van der Waals surface area (Å²) < 4.78 is 0. The molecule has 0 fully saturated rings. The zero-order valence-electron chi connectivity index (χ0n) is 14.9. The van der Waals surface area contributed by atoms with Gasteiger partial charge in [-0.1, -0.05) is 48.5 Å². The molecule has 5 aromatic rings. The van der Waals surface area contributed by atoms with Gasteiger partial charge in [-0.15, -0.1) is 0 Å². The fraction of sp³-hybridized carbons (Fsp3) is 0. The first-order valence-electron chi connectivity index (χ1n) is 8.57. The van der Waals surface area contributed by atoms with Crippen LogP contribution in [0.1, 0.15) is 20.7 Å². The van der Waals surface area contributed by atoms with Crippen molar-refractivity contribution in [1.29, 1.82) is 0 Å². The lowest BCUT2D eigenvalue weighted by atomic mass is 10.1. The van der Waals surface area contributed by atoms with E-state index in [9.17, 15) is 9.59 Å². The number of imidazole rings is 2. The van der Waals surface area contributed by atoms with Gasteiger partial charge >= 0.3 is 0 Å². The maximum atomic E-state index is 10.2. The Morgan fingerprint density at radius 2 is 0.964 bits per heavy atom. The standard InChI is InChI=1S/C8H6O2.2C7H6N2/c9-5-7-3-1-2-4-8(7)6-10;2*1-2-4-7-6(3-1)8-5-9-7/h1-6H;2*1-5H,(H,8,9). The van der Waals surface area contributed by atoms with Crippen LogP contribution in [-0.4, -0.2) is 32.5 Å². The molecule has 0 amide bonds. The van der Waals surface area contributed by atoms with E-state index in [0.717, 1.165) is 22.1 Å². The molecule has 2 N–H and O–H groups in total. The van der Waals surface area contributed by atoms with Gasteiger partial charge in [-0.05, 0) is 24.3 Å². The topological polar surface area (TPSA) is 91.5 Å². The normalized spacial score (nSPS) is 9.71. The first kappa shape index (κ1) is 18.7. The Morgan fingerprint density at radius 3 is 1.36 bits per heavy atom. The number of para-hydroxylation sites is 4. The monoisotopic (exact) mass is 370 g/mol. The van der Waals surface area contributed by atoms with Crippen LogP contribution in [0.2, 0.25) is 0 Å². The van der Waals surface area contributed by atoms with Gasteiger partial charge < -0.3 is 9.97 Å². The number of aromatic nitrogens is 4. The van der Waals surface area contributed by atoms with Crippen molar-refractivity contribution >= 4 is 34.6 Å². The summed E-state index contributed by atoms with van der Waals surface area (Å²) in [6, 6.07) is 22.5. The minimum atomic E-state index is 0.442. The number of carbonyl (C=O) groups is 2. The Kier molecular flexibility index (Phi) is 6.41. The van der Waals surface area contributed by atoms with Gasteiger partial charge in [0.25, 0.3) is 0 Å². The highest BCUT2D eigenvalue weighted by Gasteiger charge is 1.95. The van der Waals surface area contributed by atoms with Crippen molar-refractivity contribution in [2.75, 3.05) is 0 Å². The molecule has 6 heteroatoms. The fourth-order valence-corrected chi connectivity index (χ4v) is 2.48. The van der Waals surface area contributed by atoms with Crippen LogP contribution in [0.4, 0.5) is 0 Å². The average Bonchev–Trinajstić information content (AvgIpc) is 3.43. The molecule has 138 valence electrons. The maximum absolute atomic E-state index is 10.2. The molecule has 0 unspecified atom stereocenters. The average molecular weight is 370 g/mol. The van der Waals surface area contributed by atoms with E-state index in [-0.39, 0.29) is 0 Å². The molecule has 0 spiro atoms. The number of nitrogens with zero attached hydrogens (tertiary/aromatic N) is 2. The number of aldehydes is 2. The van der Waals surface area contributed by atoms with E-state index in [1.54, 1.807) is 36.9 Å². The van der Waals surface area contributed by atoms with Gasteiger partial charge in [0, 0.05) is 11.1 Å². The molecule has 2 aromatic heterocycles. The Morgan fingerprint density at radius 1 is 0.571 bits per heavy atom. The Labute approximate surface area is 161 Å². The smallest absolute Gasteiger partial charge is 0.150 e. The highest BCUT2D eigenvalue weighted by molar-refractivity contribution is 5.90. The van der Waals surface area contributed by atoms with Crippen molar-refractivity contribution in [2.24, 2.45) is 0 Å². The predicted molar refractivity (Wildman–Crippen MR) is 109 cm³/mol. The molecule has 0 atom stereocenters. The first-order chi connectivity index (χ1) is 13.8. The molecule has 2 heterocycles. The van der Waals surface area contributed by atoms with Crippen molar-refractivity contribution in [3.05, 3.63) is 96.6 Å². The van der Waals surface area contributed by atoms with Gasteiger partial charge in [-0.3, -0.25) is 9.59 Å². The van der Waals surface area contributed by atoms with Crippen molar-refractivity contribution in [2.45, 2.75) is 0 Å². The van der Waals surface area contributed by atoms with Gasteiger partial charge in [-0.25, -0.2) is 9.97 Å². The third-order valence-electron chi connectivity index (χ3n) is 3.91. The molecule has 0 radical (unpaired) electrons. The molecule has 0 aliphatic carbocycles. The second-order valence-corrected chi connectivity index (χ2v) is 5.70. The van der Waals surface area contributed by atoms with E-state index in [1.807, 2.05) is 48.5 Å². The third-order valence-corrected chi connectivity index (χ3v) is 3.91. The first-order valence-corrected chi connectivity index (χ1v) is 8.57. The van der Waals surface area contributed by atoms with E-state index in [4.69, 9.17) is 0 Å². The number of H-pyrrole nitrogens is 2. The molecule has 0 aliphatic heterocycles. The summed E-state index contributed by atoms with van der Waals surface area (Å²) in [7, 11) is 0. The second-order valence-electron chi connectivity index (χ2n) is 5.70. The summed E-state index contributed by atoms with van der Waals surface area (Å²) in [5.74, 6) is 0. The molecule has 6 nitrogen and oxygen atoms in total. The molecule has 28 heavy (non-hydrogen) atoms. The van der Waals surface area contributed by atoms with E-state index in [2.05, 4.69) is 19.9 Å². The molecule has 3 aromatic carbocycles. The summed E-state index contributed by atoms with van der Waals surface area (Å²) in [6.45, 7) is 0. The van der Waals surface area contributed by atoms with Crippen LogP contribution in [0.3, 0.4) is 0 Å². The van der Waals surface area contributed by atoms with E-state index < -0.39 is 0 Å². The minimum Gasteiger partial charge on any atom is -0.345 e. The van der Waals surface area contributed by atoms with Crippen LogP contribution < -0.4 is 0 Å². The molecule has 0 saturated heterocycles. The second kappa shape index (κ2) is 9.59. The van der Waals surface area contributed by atoms with Gasteiger partial charge in [0.2, 0.25) is 0 Å². The van der Waals surface area contributed by atoms with E-state index in [0.29, 0.717) is 23.7 Å². The lowest BCUT2D eigenvalue weighted by molar-refractivity contribution is 0.109. The molecule has 0 aliphatic rings. The lowest BCUT2D eigenvalue weighted by Crippen LogP contribution is -1.87. The summed E-state index contributed by atoms with van der Waals surface area (Å²) in [6.07, 6.45) is 4.74. The Bertz CT molecular complexity index is 1020. The van der Waals surface area contributed by atoms with Gasteiger partial charge in [0.05, 0.1) is 34.7 Å². The molecule has 0 saturated carbocycles. The van der Waals surface area contributed by atoms with Crippen LogP contribution in [0.25, 0.3) is 22.1 Å². The quantitative estimate of drug-likeness (QED) is 0.450. The summed E-state index contributed by atoms with van der Waals surface area (Å²) >= 11 is 0. The number of hydrogen-bond acceptors (Lipinski definition) is 4. The highest BCUT2D eigenvalue weighted by Crippen LogP contribution is 2.06. The SMILES string of the molecule is O=Cc1ccccc1C=O.c1ccc2[nH]cnc2c1.c1ccc2[nH]cnc2c1. The van der Waals surface area contributed by atoms with Crippen molar-refractivity contribution < 1.29 is 9.59 Å². The van der Waals surface area contributed by atoms with Gasteiger partial charge in [0.1, 0.15) is 0 Å². The van der Waals surface area contributed by atoms with E-state index in [1.165, 1.54) is 0 Å². The third kappa shape index (κ3) is 4.76. The molecular formula is C22H18N4O2. The molecule has 0 bridgehead atoms. The highest BCUT2D eigenvalue weighted by atomic mass is 16.1. The van der Waals surface area contributed by atoms with Crippen LogP contribution >= 0.6 is 0 Å². The number of fused-ring (bicyclic) bond motifs is 2. The summed E-state index contributed by atoms with van der Waals surface area (Å²) in [4.78, 5) is 34.6. The van der Waals surface area contributed by atoms with Crippen molar-refractivity contribution in [1.82, 2.24) is 19.9 Å². The van der Waals surface area contributed by atoms with Crippen LogP contribution in [0, 0.1) is 0 Å². The van der Waals surface area contributed by atoms with Crippen LogP contribution in [0.5, 0.6) is 0 Å². The van der Waals surface area contributed by atoms with Crippen molar-refractivity contribution in [3.8, 4) is 0 Å². The predicted octanol–water partition coefficient (Wildman–Crippen LogP) is 4.44. The van der Waals surface area contributed by atoms with E-state index >= 15 is 0 Å². The van der Waals surface area contributed by atoms with Crippen LogP contribution in [-0.2, 0) is 0 Å². The van der Waals surface area contributed by atoms with Crippen LogP contribution in [0.15, 0.2) is 85.5 Å². The largest absolute Gasteiger partial charge is 0.345 e. The number of carbonyl (C=O) groups excluding carboxylic acids is 2. The minimum absolute atomic E-state index is 0.442. The fourth-order valence-electron chi connectivity index (χ4n) is 2.48. The van der Waals surface area contributed by atoms with Crippen molar-refractivity contribution in [3.63, 3.8) is 0 Å². The number of benzene rings is 3. The summed E-state index contributed by atoms with van der Waals surface area (Å²) in [5, 5.41) is 0. The number of aromatic amines is 2. The number of nitrogens with one attached hydrogen (secondary N) is 2. The number of hydrogen-bond donors (Lipinski definition) is 2. The van der Waals surface area contributed by atoms with Gasteiger partial charge in [-0.2, -0.15) is 0 Å². The zero-order chi connectivity index (χ0) is 19.6. The molecule has 5 rings (SSSR count).